The van der Waals surface area contributed by atoms with E-state index in [1.54, 1.807) is 0 Å². The quantitative estimate of drug-likeness (QED) is 0.386. The fourth-order valence-electron chi connectivity index (χ4n) is 2.78. The zero-order valence-electron chi connectivity index (χ0n) is 14.4. The van der Waals surface area contributed by atoms with Crippen LogP contribution < -0.4 is 11.3 Å². The average Bonchev–Trinajstić information content (AvgIpc) is 3.13. The number of nitrogen functional groups attached to an aromatic ring is 1. The second-order valence-corrected chi connectivity index (χ2v) is 7.29. The van der Waals surface area contributed by atoms with Crippen molar-refractivity contribution in [3.63, 3.8) is 0 Å². The Morgan fingerprint density at radius 3 is 2.75 bits per heavy atom. The number of esters is 1. The van der Waals surface area contributed by atoms with Crippen molar-refractivity contribution in [2.45, 2.75) is 6.61 Å². The lowest BCUT2D eigenvalue weighted by Gasteiger charge is -2.06. The third kappa shape index (κ3) is 3.49. The second kappa shape index (κ2) is 7.46. The zero-order chi connectivity index (χ0) is 19.7. The van der Waals surface area contributed by atoms with Gasteiger partial charge in [-0.05, 0) is 23.8 Å². The molecule has 0 radical (unpaired) electrons. The fourth-order valence-corrected chi connectivity index (χ4v) is 3.86. The first-order valence-corrected chi connectivity index (χ1v) is 9.56. The fraction of sp³-hybridized carbons (Fsp3) is 0.0500. The molecule has 0 aliphatic rings. The van der Waals surface area contributed by atoms with E-state index in [-0.39, 0.29) is 29.2 Å². The van der Waals surface area contributed by atoms with Gasteiger partial charge in [0.25, 0.3) is 5.56 Å². The van der Waals surface area contributed by atoms with Crippen molar-refractivity contribution >= 4 is 44.8 Å². The third-order valence-electron chi connectivity index (χ3n) is 4.15. The molecule has 3 N–H and O–H groups in total. The highest BCUT2D eigenvalue weighted by atomic mass is 35.5. The number of nitrogens with zero attached hydrogens (tertiary/aromatic N) is 1. The number of aromatic nitrogens is 2. The molecule has 4 aromatic rings. The summed E-state index contributed by atoms with van der Waals surface area (Å²) in [5.41, 5.74) is 7.76. The SMILES string of the molecule is Nc1cc(C(=O)OCc2nc3scc(-c4ccccc4)c3c(=O)[nH]2)ccc1Cl. The molecule has 2 heterocycles. The topological polar surface area (TPSA) is 98.1 Å². The van der Waals surface area contributed by atoms with Crippen LogP contribution in [0.4, 0.5) is 5.69 Å². The molecule has 6 nitrogen and oxygen atoms in total. The highest BCUT2D eigenvalue weighted by molar-refractivity contribution is 7.17. The summed E-state index contributed by atoms with van der Waals surface area (Å²) in [5.74, 6) is -0.309. The number of ether oxygens (including phenoxy) is 1. The maximum Gasteiger partial charge on any atom is 0.338 e. The van der Waals surface area contributed by atoms with Gasteiger partial charge in [0.1, 0.15) is 17.3 Å². The number of hydrogen-bond donors (Lipinski definition) is 2. The number of H-pyrrole nitrogens is 1. The number of carbonyl (C=O) groups is 1. The normalized spacial score (nSPS) is 10.9. The van der Waals surface area contributed by atoms with Gasteiger partial charge < -0.3 is 15.5 Å². The number of carbonyl (C=O) groups excluding carboxylic acids is 1. The molecule has 0 saturated carbocycles. The molecule has 0 amide bonds. The summed E-state index contributed by atoms with van der Waals surface area (Å²) in [7, 11) is 0. The number of benzene rings is 2. The highest BCUT2D eigenvalue weighted by Gasteiger charge is 2.14. The van der Waals surface area contributed by atoms with Crippen LogP contribution in [0.5, 0.6) is 0 Å². The van der Waals surface area contributed by atoms with Crippen molar-refractivity contribution in [3.8, 4) is 11.1 Å². The Morgan fingerprint density at radius 1 is 1.21 bits per heavy atom. The van der Waals surface area contributed by atoms with Gasteiger partial charge in [0.2, 0.25) is 0 Å². The van der Waals surface area contributed by atoms with E-state index in [9.17, 15) is 9.59 Å². The summed E-state index contributed by atoms with van der Waals surface area (Å²) in [5, 5.41) is 2.78. The van der Waals surface area contributed by atoms with Crippen LogP contribution >= 0.6 is 22.9 Å². The number of nitrogens with two attached hydrogens (primary N) is 1. The molecule has 0 aliphatic carbocycles. The Labute approximate surface area is 168 Å². The highest BCUT2D eigenvalue weighted by Crippen LogP contribution is 2.30. The minimum absolute atomic E-state index is 0.162. The first-order valence-electron chi connectivity index (χ1n) is 8.31. The lowest BCUT2D eigenvalue weighted by atomic mass is 10.1. The van der Waals surface area contributed by atoms with Crippen molar-refractivity contribution in [3.05, 3.63) is 80.7 Å². The van der Waals surface area contributed by atoms with E-state index in [1.165, 1.54) is 29.5 Å². The van der Waals surface area contributed by atoms with E-state index in [2.05, 4.69) is 9.97 Å². The summed E-state index contributed by atoms with van der Waals surface area (Å²) >= 11 is 7.22. The summed E-state index contributed by atoms with van der Waals surface area (Å²) in [6.07, 6.45) is 0. The van der Waals surface area contributed by atoms with Gasteiger partial charge in [0, 0.05) is 10.9 Å². The molecular formula is C20H14ClN3O3S. The summed E-state index contributed by atoms with van der Waals surface area (Å²) in [6, 6.07) is 14.1. The summed E-state index contributed by atoms with van der Waals surface area (Å²) < 4.78 is 5.24. The zero-order valence-corrected chi connectivity index (χ0v) is 16.0. The molecule has 0 aliphatic heterocycles. The molecular weight excluding hydrogens is 398 g/mol. The summed E-state index contributed by atoms with van der Waals surface area (Å²) in [4.78, 5) is 32.5. The summed E-state index contributed by atoms with van der Waals surface area (Å²) in [6.45, 7) is -0.162. The van der Waals surface area contributed by atoms with Crippen LogP contribution in [0, 0.1) is 0 Å². The molecule has 2 aromatic heterocycles. The van der Waals surface area contributed by atoms with Gasteiger partial charge in [0.15, 0.2) is 0 Å². The van der Waals surface area contributed by atoms with Crippen molar-refractivity contribution in [1.82, 2.24) is 9.97 Å². The molecule has 0 fully saturated rings. The van der Waals surface area contributed by atoms with Gasteiger partial charge >= 0.3 is 5.97 Å². The molecule has 0 spiro atoms. The monoisotopic (exact) mass is 411 g/mol. The van der Waals surface area contributed by atoms with Crippen LogP contribution in [0.25, 0.3) is 21.3 Å². The first kappa shape index (κ1) is 18.2. The van der Waals surface area contributed by atoms with E-state index in [1.807, 2.05) is 35.7 Å². The number of anilines is 1. The molecule has 0 bridgehead atoms. The molecule has 8 heteroatoms. The van der Waals surface area contributed by atoms with E-state index in [4.69, 9.17) is 22.1 Å². The molecule has 2 aromatic carbocycles. The number of thiophene rings is 1. The molecule has 28 heavy (non-hydrogen) atoms. The number of fused-ring (bicyclic) bond motifs is 1. The lowest BCUT2D eigenvalue weighted by molar-refractivity contribution is 0.0462. The van der Waals surface area contributed by atoms with Crippen molar-refractivity contribution in [2.75, 3.05) is 5.73 Å². The van der Waals surface area contributed by atoms with Crippen molar-refractivity contribution < 1.29 is 9.53 Å². The Morgan fingerprint density at radius 2 is 2.00 bits per heavy atom. The molecule has 0 atom stereocenters. The largest absolute Gasteiger partial charge is 0.454 e. The van der Waals surface area contributed by atoms with Crippen molar-refractivity contribution in [2.24, 2.45) is 0 Å². The predicted octanol–water partition coefficient (Wildman–Crippen LogP) is 4.24. The van der Waals surface area contributed by atoms with Crippen LogP contribution in [0.15, 0.2) is 58.7 Å². The Hall–Kier alpha value is -3.16. The minimum atomic E-state index is -0.581. The molecule has 4 rings (SSSR count). The number of nitrogens with one attached hydrogen (secondary N) is 1. The van der Waals surface area contributed by atoms with Crippen molar-refractivity contribution in [1.29, 1.82) is 0 Å². The van der Waals surface area contributed by atoms with Crippen LogP contribution in [-0.2, 0) is 11.3 Å². The molecule has 0 unspecified atom stereocenters. The van der Waals surface area contributed by atoms with E-state index >= 15 is 0 Å². The van der Waals surface area contributed by atoms with Crippen LogP contribution in [-0.4, -0.2) is 15.9 Å². The van der Waals surface area contributed by atoms with Gasteiger partial charge in [-0.1, -0.05) is 41.9 Å². The van der Waals surface area contributed by atoms with Gasteiger partial charge in [-0.2, -0.15) is 0 Å². The van der Waals surface area contributed by atoms with Crippen LogP contribution in [0.3, 0.4) is 0 Å². The van der Waals surface area contributed by atoms with Gasteiger partial charge in [-0.15, -0.1) is 11.3 Å². The number of halogens is 1. The molecule has 0 saturated heterocycles. The first-order chi connectivity index (χ1) is 13.5. The predicted molar refractivity (Wildman–Crippen MR) is 111 cm³/mol. The second-order valence-electron chi connectivity index (χ2n) is 6.02. The van der Waals surface area contributed by atoms with E-state index in [0.717, 1.165) is 11.1 Å². The van der Waals surface area contributed by atoms with E-state index < -0.39 is 5.97 Å². The minimum Gasteiger partial charge on any atom is -0.454 e. The Kier molecular flexibility index (Phi) is 4.85. The van der Waals surface area contributed by atoms with E-state index in [0.29, 0.717) is 15.2 Å². The van der Waals surface area contributed by atoms with Crippen LogP contribution in [0.1, 0.15) is 16.2 Å². The Bertz CT molecular complexity index is 1230. The smallest absolute Gasteiger partial charge is 0.338 e. The standard InChI is InChI=1S/C20H14ClN3O3S/c21-14-7-6-12(8-15(14)22)20(26)27-9-16-23-18(25)17-13(10-28-19(17)24-16)11-4-2-1-3-5-11/h1-8,10H,9,22H2,(H,23,24,25). The molecule has 140 valence electrons. The average molecular weight is 412 g/mol. The Balaban J connectivity index is 1.58. The van der Waals surface area contributed by atoms with Gasteiger partial charge in [0.05, 0.1) is 21.7 Å². The number of rotatable bonds is 4. The third-order valence-corrected chi connectivity index (χ3v) is 5.37. The van der Waals surface area contributed by atoms with Gasteiger partial charge in [-0.3, -0.25) is 4.79 Å². The number of aromatic amines is 1. The number of hydrogen-bond acceptors (Lipinski definition) is 6. The maximum atomic E-state index is 12.6. The van der Waals surface area contributed by atoms with Crippen LogP contribution in [0.2, 0.25) is 5.02 Å². The lowest BCUT2D eigenvalue weighted by Crippen LogP contribution is -2.14. The van der Waals surface area contributed by atoms with Gasteiger partial charge in [-0.25, -0.2) is 9.78 Å². The maximum absolute atomic E-state index is 12.6.